The molecule has 18 heavy (non-hydrogen) atoms. The third-order valence-corrected chi connectivity index (χ3v) is 3.32. The number of hydrogen-bond acceptors (Lipinski definition) is 3. The Labute approximate surface area is 105 Å². The van der Waals surface area contributed by atoms with Gasteiger partial charge in [0.05, 0.1) is 23.9 Å². The monoisotopic (exact) mass is 246 g/mol. The van der Waals surface area contributed by atoms with Crippen molar-refractivity contribution >= 4 is 23.2 Å². The number of para-hydroxylation sites is 2. The summed E-state index contributed by atoms with van der Waals surface area (Å²) >= 11 is 0. The van der Waals surface area contributed by atoms with Crippen molar-refractivity contribution in [1.29, 1.82) is 0 Å². The van der Waals surface area contributed by atoms with E-state index in [9.17, 15) is 9.59 Å². The van der Waals surface area contributed by atoms with E-state index >= 15 is 0 Å². The molecule has 2 heterocycles. The molecule has 1 aromatic rings. The van der Waals surface area contributed by atoms with Gasteiger partial charge in [0.2, 0.25) is 11.8 Å². The van der Waals surface area contributed by atoms with Gasteiger partial charge >= 0.3 is 0 Å². The van der Waals surface area contributed by atoms with E-state index in [1.54, 1.807) is 11.0 Å². The van der Waals surface area contributed by atoms with Gasteiger partial charge in [0, 0.05) is 6.61 Å². The maximum absolute atomic E-state index is 12.4. The van der Waals surface area contributed by atoms with Gasteiger partial charge in [-0.1, -0.05) is 12.1 Å². The molecule has 0 saturated carbocycles. The third kappa shape index (κ3) is 1.86. The summed E-state index contributed by atoms with van der Waals surface area (Å²) in [6.45, 7) is 1.17. The Morgan fingerprint density at radius 1 is 1.39 bits per heavy atom. The molecule has 2 aliphatic rings. The van der Waals surface area contributed by atoms with Crippen molar-refractivity contribution in [3.05, 3.63) is 24.3 Å². The standard InChI is InChI=1S/C13H14N2O3/c16-12-7-15(13(17)9-5-6-18-8-9)11-4-2-1-3-10(11)14-12/h1-4,9H,5-8H2,(H,14,16). The second-order valence-corrected chi connectivity index (χ2v) is 4.55. The van der Waals surface area contributed by atoms with Crippen molar-refractivity contribution < 1.29 is 14.3 Å². The molecule has 94 valence electrons. The van der Waals surface area contributed by atoms with Crippen LogP contribution in [0.25, 0.3) is 0 Å². The zero-order chi connectivity index (χ0) is 12.5. The number of rotatable bonds is 1. The van der Waals surface area contributed by atoms with Crippen LogP contribution in [-0.2, 0) is 14.3 Å². The molecule has 1 fully saturated rings. The maximum Gasteiger partial charge on any atom is 0.244 e. The lowest BCUT2D eigenvalue weighted by Crippen LogP contribution is -2.45. The smallest absolute Gasteiger partial charge is 0.244 e. The molecule has 1 N–H and O–H groups in total. The van der Waals surface area contributed by atoms with Crippen LogP contribution in [0.2, 0.25) is 0 Å². The van der Waals surface area contributed by atoms with Gasteiger partial charge in [-0.2, -0.15) is 0 Å². The highest BCUT2D eigenvalue weighted by atomic mass is 16.5. The minimum Gasteiger partial charge on any atom is -0.381 e. The molecule has 2 aliphatic heterocycles. The van der Waals surface area contributed by atoms with E-state index in [2.05, 4.69) is 5.32 Å². The number of fused-ring (bicyclic) bond motifs is 1. The minimum atomic E-state index is -0.152. The third-order valence-electron chi connectivity index (χ3n) is 3.32. The van der Waals surface area contributed by atoms with Crippen LogP contribution in [-0.4, -0.2) is 31.6 Å². The fraction of sp³-hybridized carbons (Fsp3) is 0.385. The second kappa shape index (κ2) is 4.42. The molecular formula is C13H14N2O3. The van der Waals surface area contributed by atoms with E-state index in [1.807, 2.05) is 18.2 Å². The van der Waals surface area contributed by atoms with E-state index in [-0.39, 0.29) is 24.3 Å². The van der Waals surface area contributed by atoms with Gasteiger partial charge in [-0.15, -0.1) is 0 Å². The lowest BCUT2D eigenvalue weighted by Gasteiger charge is -2.30. The van der Waals surface area contributed by atoms with E-state index in [0.29, 0.717) is 18.9 Å². The molecule has 0 aromatic heterocycles. The van der Waals surface area contributed by atoms with E-state index < -0.39 is 0 Å². The largest absolute Gasteiger partial charge is 0.381 e. The molecule has 5 nitrogen and oxygen atoms in total. The van der Waals surface area contributed by atoms with Crippen LogP contribution in [0.15, 0.2) is 24.3 Å². The highest BCUT2D eigenvalue weighted by Gasteiger charge is 2.33. The van der Waals surface area contributed by atoms with Crippen molar-refractivity contribution in [1.82, 2.24) is 0 Å². The van der Waals surface area contributed by atoms with Crippen LogP contribution in [0.4, 0.5) is 11.4 Å². The number of ether oxygens (including phenoxy) is 1. The molecule has 0 bridgehead atoms. The highest BCUT2D eigenvalue weighted by Crippen LogP contribution is 2.31. The number of carbonyl (C=O) groups is 2. The maximum atomic E-state index is 12.4. The Balaban J connectivity index is 1.92. The average Bonchev–Trinajstić information content (AvgIpc) is 2.90. The first-order valence-corrected chi connectivity index (χ1v) is 6.04. The Morgan fingerprint density at radius 3 is 3.00 bits per heavy atom. The predicted molar refractivity (Wildman–Crippen MR) is 66.4 cm³/mol. The van der Waals surface area contributed by atoms with Crippen molar-refractivity contribution in [2.45, 2.75) is 6.42 Å². The molecule has 0 spiro atoms. The summed E-state index contributed by atoms with van der Waals surface area (Å²) in [7, 11) is 0. The Bertz CT molecular complexity index is 495. The highest BCUT2D eigenvalue weighted by molar-refractivity contribution is 6.10. The topological polar surface area (TPSA) is 58.6 Å². The van der Waals surface area contributed by atoms with Crippen molar-refractivity contribution in [3.8, 4) is 0 Å². The number of hydrogen-bond donors (Lipinski definition) is 1. The van der Waals surface area contributed by atoms with Crippen LogP contribution >= 0.6 is 0 Å². The Hall–Kier alpha value is -1.88. The lowest BCUT2D eigenvalue weighted by atomic mass is 10.1. The number of nitrogens with zero attached hydrogens (tertiary/aromatic N) is 1. The molecule has 0 radical (unpaired) electrons. The zero-order valence-electron chi connectivity index (χ0n) is 9.89. The van der Waals surface area contributed by atoms with E-state index in [4.69, 9.17) is 4.74 Å². The zero-order valence-corrected chi connectivity index (χ0v) is 9.89. The number of nitrogens with one attached hydrogen (secondary N) is 1. The Morgan fingerprint density at radius 2 is 2.22 bits per heavy atom. The lowest BCUT2D eigenvalue weighted by molar-refractivity contribution is -0.124. The van der Waals surface area contributed by atoms with Gasteiger partial charge in [0.25, 0.3) is 0 Å². The average molecular weight is 246 g/mol. The van der Waals surface area contributed by atoms with Gasteiger partial charge in [0.1, 0.15) is 6.54 Å². The first-order chi connectivity index (χ1) is 8.75. The number of carbonyl (C=O) groups excluding carboxylic acids is 2. The molecule has 5 heteroatoms. The summed E-state index contributed by atoms with van der Waals surface area (Å²) in [5, 5.41) is 2.77. The minimum absolute atomic E-state index is 0.0187. The van der Waals surface area contributed by atoms with Crippen molar-refractivity contribution in [2.24, 2.45) is 5.92 Å². The molecule has 1 atom stereocenters. The van der Waals surface area contributed by atoms with Crippen LogP contribution in [0.5, 0.6) is 0 Å². The second-order valence-electron chi connectivity index (χ2n) is 4.55. The van der Waals surface area contributed by atoms with Crippen LogP contribution in [0.3, 0.4) is 0 Å². The molecule has 0 aliphatic carbocycles. The summed E-state index contributed by atoms with van der Waals surface area (Å²) < 4.78 is 5.24. The van der Waals surface area contributed by atoms with Gasteiger partial charge in [-0.3, -0.25) is 9.59 Å². The number of anilines is 2. The fourth-order valence-electron chi connectivity index (χ4n) is 2.38. The molecule has 3 rings (SSSR count). The quantitative estimate of drug-likeness (QED) is 0.804. The summed E-state index contributed by atoms with van der Waals surface area (Å²) in [4.78, 5) is 25.6. The van der Waals surface area contributed by atoms with Crippen LogP contribution in [0, 0.1) is 5.92 Å². The molecule has 1 aromatic carbocycles. The summed E-state index contributed by atoms with van der Waals surface area (Å²) in [5.74, 6) is -0.292. The molecule has 1 unspecified atom stereocenters. The number of amides is 2. The van der Waals surface area contributed by atoms with E-state index in [0.717, 1.165) is 12.1 Å². The first kappa shape index (κ1) is 11.2. The van der Waals surface area contributed by atoms with Crippen molar-refractivity contribution in [3.63, 3.8) is 0 Å². The number of benzene rings is 1. The predicted octanol–water partition coefficient (Wildman–Crippen LogP) is 1.01. The van der Waals surface area contributed by atoms with Crippen LogP contribution in [0.1, 0.15) is 6.42 Å². The Kier molecular flexibility index (Phi) is 2.76. The summed E-state index contributed by atoms with van der Waals surface area (Å²) in [5.41, 5.74) is 1.47. The van der Waals surface area contributed by atoms with Gasteiger partial charge in [-0.25, -0.2) is 0 Å². The summed E-state index contributed by atoms with van der Waals surface area (Å²) in [6, 6.07) is 7.35. The summed E-state index contributed by atoms with van der Waals surface area (Å²) in [6.07, 6.45) is 0.735. The molecule has 2 amide bonds. The normalized spacial score (nSPS) is 22.6. The SMILES string of the molecule is O=C1CN(C(=O)C2CCOC2)c2ccccc2N1. The van der Waals surface area contributed by atoms with Crippen molar-refractivity contribution in [2.75, 3.05) is 30.0 Å². The molecular weight excluding hydrogens is 232 g/mol. The van der Waals surface area contributed by atoms with E-state index in [1.165, 1.54) is 0 Å². The van der Waals surface area contributed by atoms with Crippen LogP contribution < -0.4 is 10.2 Å². The molecule has 1 saturated heterocycles. The van der Waals surface area contributed by atoms with Gasteiger partial charge < -0.3 is 15.0 Å². The first-order valence-electron chi connectivity index (χ1n) is 6.04. The van der Waals surface area contributed by atoms with Gasteiger partial charge in [-0.05, 0) is 18.6 Å². The fourth-order valence-corrected chi connectivity index (χ4v) is 2.38. The van der Waals surface area contributed by atoms with Gasteiger partial charge in [0.15, 0.2) is 0 Å².